The minimum Gasteiger partial charge on any atom is -0.456 e. The van der Waals surface area contributed by atoms with Gasteiger partial charge in [-0.25, -0.2) is 0 Å². The molecule has 1 aliphatic carbocycles. The molecule has 0 radical (unpaired) electrons. The van der Waals surface area contributed by atoms with E-state index in [9.17, 15) is 0 Å². The van der Waals surface area contributed by atoms with Crippen molar-refractivity contribution >= 4 is 39.0 Å². The van der Waals surface area contributed by atoms with E-state index < -0.39 is 5.41 Å². The number of hydrogen-bond acceptors (Lipinski definition) is 2. The number of rotatable bonds is 9. The van der Waals surface area contributed by atoms with Crippen LogP contribution in [0.2, 0.25) is 0 Å². The molecule has 0 N–H and O–H groups in total. The number of fused-ring (bicyclic) bond motifs is 6. The Hall–Kier alpha value is -8.98. The summed E-state index contributed by atoms with van der Waals surface area (Å²) in [5.41, 5.74) is 21.7. The van der Waals surface area contributed by atoms with Gasteiger partial charge < -0.3 is 9.32 Å². The van der Waals surface area contributed by atoms with Crippen molar-refractivity contribution in [2.24, 2.45) is 0 Å². The van der Waals surface area contributed by atoms with E-state index >= 15 is 0 Å². The summed E-state index contributed by atoms with van der Waals surface area (Å²) in [7, 11) is 0. The van der Waals surface area contributed by atoms with Crippen LogP contribution in [0.25, 0.3) is 77.6 Å². The third-order valence-corrected chi connectivity index (χ3v) is 14.2. The molecule has 12 aromatic rings. The third kappa shape index (κ3) is 6.72. The maximum atomic E-state index is 6.18. The van der Waals surface area contributed by atoms with E-state index in [4.69, 9.17) is 4.42 Å². The van der Waals surface area contributed by atoms with E-state index in [1.807, 2.05) is 12.1 Å². The second-order valence-electron chi connectivity index (χ2n) is 18.0. The first-order chi connectivity index (χ1) is 34.2. The van der Waals surface area contributed by atoms with Gasteiger partial charge in [0.2, 0.25) is 0 Å². The van der Waals surface area contributed by atoms with Gasteiger partial charge in [0.05, 0.1) is 5.41 Å². The molecule has 11 aromatic carbocycles. The van der Waals surface area contributed by atoms with Crippen molar-refractivity contribution in [2.75, 3.05) is 4.90 Å². The minimum atomic E-state index is -0.480. The van der Waals surface area contributed by atoms with Crippen LogP contribution in [0.15, 0.2) is 277 Å². The SMILES string of the molecule is c1ccc(-c2ccccc2-c2ccc(N(c3ccc(-c4ccc5oc6ccccc6c5c4)cc3)c3cccc(-c4cccc5c4-c4ccccc4C5(c4ccccc4)c4ccccc4)c3)cc2)cc1. The molecule has 69 heavy (non-hydrogen) atoms. The maximum Gasteiger partial charge on any atom is 0.135 e. The van der Waals surface area contributed by atoms with Gasteiger partial charge in [0.25, 0.3) is 0 Å². The molecule has 0 bridgehead atoms. The lowest BCUT2D eigenvalue weighted by Gasteiger charge is -2.34. The van der Waals surface area contributed by atoms with E-state index in [-0.39, 0.29) is 0 Å². The number of nitrogens with zero attached hydrogens (tertiary/aromatic N) is 1. The van der Waals surface area contributed by atoms with E-state index in [2.05, 4.69) is 266 Å². The van der Waals surface area contributed by atoms with Crippen molar-refractivity contribution in [3.05, 3.63) is 295 Å². The average molecular weight is 880 g/mol. The fraction of sp³-hybridized carbons (Fsp3) is 0.0149. The lowest BCUT2D eigenvalue weighted by Crippen LogP contribution is -2.28. The first-order valence-corrected chi connectivity index (χ1v) is 23.7. The van der Waals surface area contributed by atoms with Crippen LogP contribution < -0.4 is 4.90 Å². The Labute approximate surface area is 402 Å². The standard InChI is InChI=1S/C67H45NO/c1-4-18-47(19-5-1)56-26-10-11-27-57(56)48-36-41-54(42-37-48)68(53-39-34-46(35-40-53)49-38-43-65-61(45-49)59-28-13-15-33-64(59)69-65)55-25-16-20-50(44-55)58-30-17-32-63-66(58)60-29-12-14-31-62(60)67(63,51-21-6-2-7-22-51)52-23-8-3-9-24-52/h1-45H. The third-order valence-electron chi connectivity index (χ3n) is 14.2. The molecule has 0 fully saturated rings. The van der Waals surface area contributed by atoms with E-state index in [0.717, 1.165) is 55.7 Å². The van der Waals surface area contributed by atoms with Gasteiger partial charge in [0.1, 0.15) is 11.2 Å². The summed E-state index contributed by atoms with van der Waals surface area (Å²) >= 11 is 0. The lowest BCUT2D eigenvalue weighted by atomic mass is 9.67. The minimum absolute atomic E-state index is 0.480. The van der Waals surface area contributed by atoms with Gasteiger partial charge >= 0.3 is 0 Å². The van der Waals surface area contributed by atoms with Crippen LogP contribution in [0.3, 0.4) is 0 Å². The molecule has 2 nitrogen and oxygen atoms in total. The van der Waals surface area contributed by atoms with Gasteiger partial charge in [-0.3, -0.25) is 0 Å². The molecule has 0 saturated heterocycles. The fourth-order valence-electron chi connectivity index (χ4n) is 11.1. The van der Waals surface area contributed by atoms with Crippen molar-refractivity contribution in [3.8, 4) is 55.6 Å². The number of anilines is 3. The average Bonchev–Trinajstić information content (AvgIpc) is 3.96. The van der Waals surface area contributed by atoms with Crippen LogP contribution in [-0.4, -0.2) is 0 Å². The first kappa shape index (κ1) is 40.3. The molecule has 2 heteroatoms. The molecule has 0 aliphatic heterocycles. The van der Waals surface area contributed by atoms with E-state index in [1.165, 1.54) is 61.2 Å². The number of benzene rings is 11. The topological polar surface area (TPSA) is 16.4 Å². The van der Waals surface area contributed by atoms with Crippen LogP contribution in [0.4, 0.5) is 17.1 Å². The molecular formula is C67H45NO. The Balaban J connectivity index is 0.952. The second-order valence-corrected chi connectivity index (χ2v) is 18.0. The van der Waals surface area contributed by atoms with Gasteiger partial charge in [-0.2, -0.15) is 0 Å². The van der Waals surface area contributed by atoms with E-state index in [1.54, 1.807) is 0 Å². The highest BCUT2D eigenvalue weighted by Gasteiger charge is 2.46. The molecule has 0 saturated carbocycles. The van der Waals surface area contributed by atoms with E-state index in [0.29, 0.717) is 0 Å². The molecule has 0 amide bonds. The van der Waals surface area contributed by atoms with Crippen LogP contribution in [-0.2, 0) is 5.41 Å². The molecule has 1 aliphatic rings. The Kier molecular flexibility index (Phi) is 9.77. The zero-order chi connectivity index (χ0) is 45.7. The van der Waals surface area contributed by atoms with Gasteiger partial charge in [-0.05, 0) is 132 Å². The summed E-state index contributed by atoms with van der Waals surface area (Å²) in [4.78, 5) is 2.39. The molecular weight excluding hydrogens is 835 g/mol. The van der Waals surface area contributed by atoms with Crippen molar-refractivity contribution in [1.29, 1.82) is 0 Å². The lowest BCUT2D eigenvalue weighted by molar-refractivity contribution is 0.669. The fourth-order valence-corrected chi connectivity index (χ4v) is 11.1. The van der Waals surface area contributed by atoms with Gasteiger partial charge in [-0.1, -0.05) is 218 Å². The Morgan fingerprint density at radius 1 is 0.275 bits per heavy atom. The number of furan rings is 1. The highest BCUT2D eigenvalue weighted by atomic mass is 16.3. The number of hydrogen-bond donors (Lipinski definition) is 0. The summed E-state index contributed by atoms with van der Waals surface area (Å²) in [6.45, 7) is 0. The molecule has 324 valence electrons. The summed E-state index contributed by atoms with van der Waals surface area (Å²) < 4.78 is 6.18. The van der Waals surface area contributed by atoms with Crippen molar-refractivity contribution in [1.82, 2.24) is 0 Å². The Morgan fingerprint density at radius 3 is 1.46 bits per heavy atom. The molecule has 0 spiro atoms. The molecule has 1 heterocycles. The second kappa shape index (κ2) is 16.7. The zero-order valence-electron chi connectivity index (χ0n) is 37.8. The van der Waals surface area contributed by atoms with Gasteiger partial charge in [0, 0.05) is 27.8 Å². The largest absolute Gasteiger partial charge is 0.456 e. The van der Waals surface area contributed by atoms with Gasteiger partial charge in [0.15, 0.2) is 0 Å². The van der Waals surface area contributed by atoms with Crippen LogP contribution in [0, 0.1) is 0 Å². The molecule has 0 atom stereocenters. The van der Waals surface area contributed by atoms with Crippen molar-refractivity contribution in [2.45, 2.75) is 5.41 Å². The smallest absolute Gasteiger partial charge is 0.135 e. The van der Waals surface area contributed by atoms with Crippen LogP contribution in [0.5, 0.6) is 0 Å². The predicted molar refractivity (Wildman–Crippen MR) is 287 cm³/mol. The summed E-state index contributed by atoms with van der Waals surface area (Å²) in [6, 6.07) is 99.3. The highest BCUT2D eigenvalue weighted by molar-refractivity contribution is 6.06. The summed E-state index contributed by atoms with van der Waals surface area (Å²) in [6.07, 6.45) is 0. The van der Waals surface area contributed by atoms with Crippen LogP contribution in [0.1, 0.15) is 22.3 Å². The molecule has 0 unspecified atom stereocenters. The predicted octanol–water partition coefficient (Wildman–Crippen LogP) is 18.1. The summed E-state index contributed by atoms with van der Waals surface area (Å²) in [5.74, 6) is 0. The van der Waals surface area contributed by atoms with Crippen molar-refractivity contribution in [3.63, 3.8) is 0 Å². The quantitative estimate of drug-likeness (QED) is 0.144. The molecule has 13 rings (SSSR count). The van der Waals surface area contributed by atoms with Crippen LogP contribution >= 0.6 is 0 Å². The number of para-hydroxylation sites is 1. The maximum absolute atomic E-state index is 6.18. The highest BCUT2D eigenvalue weighted by Crippen LogP contribution is 2.58. The zero-order valence-corrected chi connectivity index (χ0v) is 37.8. The summed E-state index contributed by atoms with van der Waals surface area (Å²) in [5, 5.41) is 2.25. The van der Waals surface area contributed by atoms with Gasteiger partial charge in [-0.15, -0.1) is 0 Å². The normalized spacial score (nSPS) is 12.5. The monoisotopic (exact) mass is 879 g/mol. The Bertz CT molecular complexity index is 3780. The molecule has 1 aromatic heterocycles. The first-order valence-electron chi connectivity index (χ1n) is 23.7. The Morgan fingerprint density at radius 2 is 0.768 bits per heavy atom. The van der Waals surface area contributed by atoms with Crippen molar-refractivity contribution < 1.29 is 4.42 Å².